The lowest BCUT2D eigenvalue weighted by Gasteiger charge is -2.22. The van der Waals surface area contributed by atoms with E-state index in [1.54, 1.807) is 22.6 Å². The summed E-state index contributed by atoms with van der Waals surface area (Å²) in [5.41, 5.74) is 1.09. The fourth-order valence-electron chi connectivity index (χ4n) is 2.48. The van der Waals surface area contributed by atoms with Crippen molar-refractivity contribution in [2.75, 3.05) is 6.54 Å². The number of hydrogen-bond acceptors (Lipinski definition) is 4. The average molecular weight is 297 g/mol. The zero-order valence-corrected chi connectivity index (χ0v) is 12.2. The lowest BCUT2D eigenvalue weighted by molar-refractivity contribution is 0.396. The van der Waals surface area contributed by atoms with Gasteiger partial charge in [0.05, 0.1) is 12.2 Å². The summed E-state index contributed by atoms with van der Waals surface area (Å²) >= 11 is 1.60. The highest BCUT2D eigenvalue weighted by Gasteiger charge is 2.37. The maximum Gasteiger partial charge on any atom is 0.260 e. The van der Waals surface area contributed by atoms with E-state index >= 15 is 0 Å². The molecule has 7 heteroatoms. The topological polar surface area (TPSA) is 66.1 Å². The summed E-state index contributed by atoms with van der Waals surface area (Å²) in [6.45, 7) is 2.32. The molecule has 0 spiro atoms. The minimum Gasteiger partial charge on any atom is -0.332 e. The lowest BCUT2D eigenvalue weighted by atomic mass is 10.1. The molecule has 19 heavy (non-hydrogen) atoms. The summed E-state index contributed by atoms with van der Waals surface area (Å²) in [5, 5.41) is 4.20. The van der Waals surface area contributed by atoms with Crippen LogP contribution in [0.1, 0.15) is 30.3 Å². The first-order valence-corrected chi connectivity index (χ1v) is 8.53. The van der Waals surface area contributed by atoms with Crippen molar-refractivity contribution in [3.05, 3.63) is 34.4 Å². The molecule has 102 valence electrons. The molecule has 1 fully saturated rings. The van der Waals surface area contributed by atoms with Crippen LogP contribution in [0.3, 0.4) is 0 Å². The van der Waals surface area contributed by atoms with E-state index in [1.165, 1.54) is 6.20 Å². The number of thiophene rings is 1. The van der Waals surface area contributed by atoms with Crippen molar-refractivity contribution < 1.29 is 8.42 Å². The van der Waals surface area contributed by atoms with Crippen molar-refractivity contribution >= 4 is 21.4 Å². The normalized spacial score (nSPS) is 21.0. The molecule has 2 aromatic rings. The van der Waals surface area contributed by atoms with Crippen LogP contribution in [0.25, 0.3) is 0 Å². The molecule has 5 nitrogen and oxygen atoms in total. The van der Waals surface area contributed by atoms with Crippen molar-refractivity contribution in [3.8, 4) is 0 Å². The number of H-pyrrole nitrogens is 1. The smallest absolute Gasteiger partial charge is 0.260 e. The van der Waals surface area contributed by atoms with Gasteiger partial charge in [0.25, 0.3) is 10.0 Å². The van der Waals surface area contributed by atoms with E-state index in [0.717, 1.165) is 18.4 Å². The predicted molar refractivity (Wildman–Crippen MR) is 73.5 cm³/mol. The van der Waals surface area contributed by atoms with Crippen LogP contribution < -0.4 is 0 Å². The zero-order chi connectivity index (χ0) is 13.5. The Labute approximate surface area is 116 Å². The van der Waals surface area contributed by atoms with Crippen molar-refractivity contribution in [2.45, 2.75) is 30.8 Å². The zero-order valence-electron chi connectivity index (χ0n) is 10.5. The minimum absolute atomic E-state index is 0.0418. The molecule has 3 heterocycles. The molecule has 0 aliphatic carbocycles. The number of imidazole rings is 1. The second kappa shape index (κ2) is 4.73. The molecular formula is C12H15N3O2S2. The van der Waals surface area contributed by atoms with Gasteiger partial charge >= 0.3 is 0 Å². The molecule has 0 aromatic carbocycles. The van der Waals surface area contributed by atoms with Crippen molar-refractivity contribution in [3.63, 3.8) is 0 Å². The summed E-state index contributed by atoms with van der Waals surface area (Å²) in [4.78, 5) is 6.80. The Hall–Kier alpha value is -1.18. The summed E-state index contributed by atoms with van der Waals surface area (Å²) < 4.78 is 26.8. The number of hydrogen-bond donors (Lipinski definition) is 1. The fraction of sp³-hybridized carbons (Fsp3) is 0.417. The van der Waals surface area contributed by atoms with Crippen LogP contribution in [-0.4, -0.2) is 29.2 Å². The van der Waals surface area contributed by atoms with Crippen molar-refractivity contribution in [1.29, 1.82) is 0 Å². The number of aryl methyl sites for hydroxylation is 1. The summed E-state index contributed by atoms with van der Waals surface area (Å²) in [5.74, 6) is 0.616. The van der Waals surface area contributed by atoms with Gasteiger partial charge in [-0.1, -0.05) is 0 Å². The molecule has 1 aliphatic rings. The lowest BCUT2D eigenvalue weighted by Crippen LogP contribution is -2.30. The number of nitrogens with one attached hydrogen (secondary N) is 1. The van der Waals surface area contributed by atoms with Crippen molar-refractivity contribution in [1.82, 2.24) is 14.3 Å². The predicted octanol–water partition coefficient (Wildman–Crippen LogP) is 2.31. The van der Waals surface area contributed by atoms with Gasteiger partial charge < -0.3 is 4.98 Å². The first kappa shape index (κ1) is 12.8. The van der Waals surface area contributed by atoms with Crippen LogP contribution in [-0.2, 0) is 10.0 Å². The van der Waals surface area contributed by atoms with E-state index in [9.17, 15) is 8.42 Å². The molecule has 0 amide bonds. The van der Waals surface area contributed by atoms with Gasteiger partial charge in [0.2, 0.25) is 0 Å². The molecule has 0 bridgehead atoms. The maximum atomic E-state index is 12.6. The molecule has 1 aliphatic heterocycles. The summed E-state index contributed by atoms with van der Waals surface area (Å²) in [6, 6.07) is 1.96. The first-order valence-electron chi connectivity index (χ1n) is 6.14. The number of aromatic nitrogens is 2. The molecule has 1 saturated heterocycles. The highest BCUT2D eigenvalue weighted by molar-refractivity contribution is 7.89. The molecule has 0 radical (unpaired) electrons. The maximum absolute atomic E-state index is 12.6. The quantitative estimate of drug-likeness (QED) is 0.945. The third kappa shape index (κ3) is 2.22. The molecule has 1 N–H and O–H groups in total. The Bertz CT molecular complexity index is 661. The number of nitrogens with zero attached hydrogens (tertiary/aromatic N) is 2. The van der Waals surface area contributed by atoms with Crippen LogP contribution in [0.2, 0.25) is 0 Å². The van der Waals surface area contributed by atoms with Crippen LogP contribution in [0.4, 0.5) is 0 Å². The molecule has 3 rings (SSSR count). The van der Waals surface area contributed by atoms with Gasteiger partial charge in [-0.3, -0.25) is 0 Å². The number of aromatic amines is 1. The van der Waals surface area contributed by atoms with E-state index in [1.807, 2.05) is 16.8 Å². The Morgan fingerprint density at radius 2 is 2.37 bits per heavy atom. The van der Waals surface area contributed by atoms with Gasteiger partial charge in [-0.2, -0.15) is 15.6 Å². The fourth-order valence-corrected chi connectivity index (χ4v) is 4.84. The van der Waals surface area contributed by atoms with Crippen LogP contribution in [0.15, 0.2) is 28.0 Å². The van der Waals surface area contributed by atoms with Gasteiger partial charge in [0.1, 0.15) is 5.82 Å². The standard InChI is InChI=1S/C12H15N3O2S2/c1-9-13-7-12(14-9)19(16,17)15-5-2-3-11(15)10-4-6-18-8-10/h4,6-8,11H,2-3,5H2,1H3,(H,13,14). The van der Waals surface area contributed by atoms with Crippen molar-refractivity contribution in [2.24, 2.45) is 0 Å². The Kier molecular flexibility index (Phi) is 3.20. The average Bonchev–Trinajstić information content (AvgIpc) is 3.09. The van der Waals surface area contributed by atoms with E-state index in [2.05, 4.69) is 9.97 Å². The van der Waals surface area contributed by atoms with E-state index in [-0.39, 0.29) is 11.1 Å². The Morgan fingerprint density at radius 3 is 3.00 bits per heavy atom. The third-order valence-corrected chi connectivity index (χ3v) is 5.92. The van der Waals surface area contributed by atoms with E-state index in [4.69, 9.17) is 0 Å². The summed E-state index contributed by atoms with van der Waals surface area (Å²) in [6.07, 6.45) is 3.17. The van der Waals surface area contributed by atoms with E-state index < -0.39 is 10.0 Å². The number of sulfonamides is 1. The second-order valence-electron chi connectivity index (χ2n) is 4.66. The minimum atomic E-state index is -3.47. The molecular weight excluding hydrogens is 282 g/mol. The van der Waals surface area contributed by atoms with Crippen LogP contribution in [0.5, 0.6) is 0 Å². The van der Waals surface area contributed by atoms with Gasteiger partial charge in [-0.05, 0) is 42.2 Å². The van der Waals surface area contributed by atoms with Gasteiger partial charge in [0, 0.05) is 6.54 Å². The van der Waals surface area contributed by atoms with Crippen LogP contribution in [0, 0.1) is 6.92 Å². The molecule has 1 unspecified atom stereocenters. The highest BCUT2D eigenvalue weighted by atomic mass is 32.2. The monoisotopic (exact) mass is 297 g/mol. The Morgan fingerprint density at radius 1 is 1.53 bits per heavy atom. The van der Waals surface area contributed by atoms with Gasteiger partial charge in [-0.25, -0.2) is 13.4 Å². The number of rotatable bonds is 3. The van der Waals surface area contributed by atoms with Gasteiger partial charge in [-0.15, -0.1) is 0 Å². The van der Waals surface area contributed by atoms with Gasteiger partial charge in [0.15, 0.2) is 5.03 Å². The third-order valence-electron chi connectivity index (χ3n) is 3.40. The second-order valence-corrected chi connectivity index (χ2v) is 7.30. The first-order chi connectivity index (χ1) is 9.09. The Balaban J connectivity index is 1.96. The van der Waals surface area contributed by atoms with E-state index in [0.29, 0.717) is 12.4 Å². The molecule has 2 aromatic heterocycles. The largest absolute Gasteiger partial charge is 0.332 e. The summed E-state index contributed by atoms with van der Waals surface area (Å²) in [7, 11) is -3.47. The molecule has 1 atom stereocenters. The highest BCUT2D eigenvalue weighted by Crippen LogP contribution is 2.36. The van der Waals surface area contributed by atoms with Crippen LogP contribution >= 0.6 is 11.3 Å². The molecule has 0 saturated carbocycles. The SMILES string of the molecule is Cc1ncc(S(=O)(=O)N2CCCC2c2ccsc2)[nH]1.